The lowest BCUT2D eigenvalue weighted by Gasteiger charge is -2.34. The van der Waals surface area contributed by atoms with Crippen LogP contribution in [-0.2, 0) is 14.4 Å². The standard InChI is InChI=1S/C11H17N3O5/c1-2-7-10(18)12-5-6-14(7)11(19)13-8(15)3-4-9(16)17/h7H,2-6H2,1H3,(H,12,18)(H,16,17)(H,13,15,19). The van der Waals surface area contributed by atoms with E-state index in [9.17, 15) is 19.2 Å². The molecule has 4 amide bonds. The molecule has 0 bridgehead atoms. The molecular formula is C11H17N3O5. The van der Waals surface area contributed by atoms with Crippen molar-refractivity contribution in [3.63, 3.8) is 0 Å². The minimum Gasteiger partial charge on any atom is -0.481 e. The van der Waals surface area contributed by atoms with Crippen LogP contribution in [0.15, 0.2) is 0 Å². The quantitative estimate of drug-likeness (QED) is 0.625. The van der Waals surface area contributed by atoms with Crippen molar-refractivity contribution in [2.45, 2.75) is 32.2 Å². The third-order valence-electron chi connectivity index (χ3n) is 2.79. The minimum absolute atomic E-state index is 0.248. The third-order valence-corrected chi connectivity index (χ3v) is 2.79. The van der Waals surface area contributed by atoms with Gasteiger partial charge in [0.15, 0.2) is 0 Å². The molecule has 8 heteroatoms. The number of carboxylic acids is 1. The SMILES string of the molecule is CCC1C(=O)NCCN1C(=O)NC(=O)CCC(=O)O. The Balaban J connectivity index is 2.53. The average molecular weight is 271 g/mol. The Morgan fingerprint density at radius 1 is 1.42 bits per heavy atom. The highest BCUT2D eigenvalue weighted by Gasteiger charge is 2.32. The number of imide groups is 1. The van der Waals surface area contributed by atoms with Gasteiger partial charge in [-0.1, -0.05) is 6.92 Å². The van der Waals surface area contributed by atoms with E-state index in [1.54, 1.807) is 6.92 Å². The summed E-state index contributed by atoms with van der Waals surface area (Å²) in [6.07, 6.45) is -0.155. The number of aliphatic carboxylic acids is 1. The summed E-state index contributed by atoms with van der Waals surface area (Å²) in [6, 6.07) is -1.25. The van der Waals surface area contributed by atoms with Gasteiger partial charge in [-0.3, -0.25) is 19.7 Å². The van der Waals surface area contributed by atoms with Crippen molar-refractivity contribution in [1.82, 2.24) is 15.5 Å². The molecule has 1 saturated heterocycles. The highest BCUT2D eigenvalue weighted by molar-refractivity contribution is 5.97. The zero-order valence-corrected chi connectivity index (χ0v) is 10.6. The number of carbonyl (C=O) groups excluding carboxylic acids is 3. The van der Waals surface area contributed by atoms with Crippen molar-refractivity contribution in [3.05, 3.63) is 0 Å². The molecule has 1 aliphatic rings. The molecule has 1 aliphatic heterocycles. The van der Waals surface area contributed by atoms with Gasteiger partial charge in [0.1, 0.15) is 6.04 Å². The van der Waals surface area contributed by atoms with Crippen molar-refractivity contribution in [2.24, 2.45) is 0 Å². The molecule has 8 nitrogen and oxygen atoms in total. The number of carbonyl (C=O) groups is 4. The number of rotatable bonds is 4. The van der Waals surface area contributed by atoms with Gasteiger partial charge in [-0.05, 0) is 6.42 Å². The maximum atomic E-state index is 11.8. The van der Waals surface area contributed by atoms with Crippen molar-refractivity contribution < 1.29 is 24.3 Å². The fraction of sp³-hybridized carbons (Fsp3) is 0.636. The zero-order valence-electron chi connectivity index (χ0n) is 10.6. The lowest BCUT2D eigenvalue weighted by molar-refractivity contribution is -0.138. The van der Waals surface area contributed by atoms with Crippen molar-refractivity contribution >= 4 is 23.8 Å². The molecule has 0 radical (unpaired) electrons. The molecule has 19 heavy (non-hydrogen) atoms. The number of piperazine rings is 1. The van der Waals surface area contributed by atoms with Crippen molar-refractivity contribution in [2.75, 3.05) is 13.1 Å². The van der Waals surface area contributed by atoms with Crippen LogP contribution in [0, 0.1) is 0 Å². The Kier molecular flexibility index (Phi) is 5.28. The summed E-state index contributed by atoms with van der Waals surface area (Å²) >= 11 is 0. The van der Waals surface area contributed by atoms with Gasteiger partial charge in [-0.15, -0.1) is 0 Å². The van der Waals surface area contributed by atoms with Gasteiger partial charge in [-0.25, -0.2) is 4.79 Å². The molecule has 1 fully saturated rings. The van der Waals surface area contributed by atoms with Crippen molar-refractivity contribution in [1.29, 1.82) is 0 Å². The van der Waals surface area contributed by atoms with E-state index >= 15 is 0 Å². The molecule has 1 rings (SSSR count). The molecule has 3 N–H and O–H groups in total. The minimum atomic E-state index is -1.11. The molecule has 0 aromatic carbocycles. The average Bonchev–Trinajstić information content (AvgIpc) is 2.36. The number of urea groups is 1. The Morgan fingerprint density at radius 2 is 2.11 bits per heavy atom. The van der Waals surface area contributed by atoms with Gasteiger partial charge in [-0.2, -0.15) is 0 Å². The van der Waals surface area contributed by atoms with Gasteiger partial charge in [0.05, 0.1) is 6.42 Å². The van der Waals surface area contributed by atoms with E-state index in [0.29, 0.717) is 19.5 Å². The van der Waals surface area contributed by atoms with Crippen molar-refractivity contribution in [3.8, 4) is 0 Å². The topological polar surface area (TPSA) is 116 Å². The predicted octanol–water partition coefficient (Wildman–Crippen LogP) is -0.702. The van der Waals surface area contributed by atoms with Crippen LogP contribution in [0.25, 0.3) is 0 Å². The van der Waals surface area contributed by atoms with Gasteiger partial charge >= 0.3 is 12.0 Å². The predicted molar refractivity (Wildman–Crippen MR) is 64.2 cm³/mol. The van der Waals surface area contributed by atoms with E-state index in [4.69, 9.17) is 5.11 Å². The number of amides is 4. The first-order valence-corrected chi connectivity index (χ1v) is 6.05. The van der Waals surface area contributed by atoms with Gasteiger partial charge in [0.2, 0.25) is 11.8 Å². The molecule has 0 spiro atoms. The largest absolute Gasteiger partial charge is 0.481 e. The Morgan fingerprint density at radius 3 is 2.68 bits per heavy atom. The van der Waals surface area contributed by atoms with E-state index in [1.165, 1.54) is 4.90 Å². The van der Waals surface area contributed by atoms with Crippen LogP contribution < -0.4 is 10.6 Å². The first kappa shape index (κ1) is 14.9. The number of nitrogens with zero attached hydrogens (tertiary/aromatic N) is 1. The Hall–Kier alpha value is -2.12. The van der Waals surface area contributed by atoms with Crippen LogP contribution in [0.1, 0.15) is 26.2 Å². The number of hydrogen-bond donors (Lipinski definition) is 3. The lowest BCUT2D eigenvalue weighted by Crippen LogP contribution is -2.59. The van der Waals surface area contributed by atoms with Crippen LogP contribution >= 0.6 is 0 Å². The van der Waals surface area contributed by atoms with E-state index in [2.05, 4.69) is 10.6 Å². The molecule has 0 saturated carbocycles. The maximum absolute atomic E-state index is 11.8. The lowest BCUT2D eigenvalue weighted by atomic mass is 10.1. The van der Waals surface area contributed by atoms with Crippen LogP contribution in [-0.4, -0.2) is 53.0 Å². The molecule has 0 aliphatic carbocycles. The fourth-order valence-electron chi connectivity index (χ4n) is 1.84. The molecule has 1 heterocycles. The zero-order chi connectivity index (χ0) is 14.4. The van der Waals surface area contributed by atoms with Gasteiger partial charge in [0, 0.05) is 19.5 Å². The molecule has 1 atom stereocenters. The van der Waals surface area contributed by atoms with Crippen LogP contribution in [0.3, 0.4) is 0 Å². The summed E-state index contributed by atoms with van der Waals surface area (Å²) in [4.78, 5) is 46.3. The van der Waals surface area contributed by atoms with E-state index in [1.807, 2.05) is 0 Å². The summed E-state index contributed by atoms with van der Waals surface area (Å²) in [6.45, 7) is 2.43. The normalized spacial score (nSPS) is 18.7. The molecule has 1 unspecified atom stereocenters. The van der Waals surface area contributed by atoms with Crippen LogP contribution in [0.4, 0.5) is 4.79 Å². The Bertz CT molecular complexity index is 396. The first-order chi connectivity index (χ1) is 8.95. The summed E-state index contributed by atoms with van der Waals surface area (Å²) in [5.41, 5.74) is 0. The van der Waals surface area contributed by atoms with Gasteiger partial charge in [0.25, 0.3) is 0 Å². The van der Waals surface area contributed by atoms with E-state index < -0.39 is 23.9 Å². The monoisotopic (exact) mass is 271 g/mol. The second kappa shape index (κ2) is 6.72. The van der Waals surface area contributed by atoms with E-state index in [0.717, 1.165) is 0 Å². The first-order valence-electron chi connectivity index (χ1n) is 6.05. The van der Waals surface area contributed by atoms with Crippen LogP contribution in [0.2, 0.25) is 0 Å². The summed E-state index contributed by atoms with van der Waals surface area (Å²) in [7, 11) is 0. The second-order valence-corrected chi connectivity index (χ2v) is 4.16. The fourth-order valence-corrected chi connectivity index (χ4v) is 1.84. The number of hydrogen-bond acceptors (Lipinski definition) is 4. The Labute approximate surface area is 110 Å². The van der Waals surface area contributed by atoms with Crippen LogP contribution in [0.5, 0.6) is 0 Å². The molecule has 106 valence electrons. The maximum Gasteiger partial charge on any atom is 0.324 e. The summed E-state index contributed by atoms with van der Waals surface area (Å²) in [5, 5.41) is 13.2. The third kappa shape index (κ3) is 4.23. The highest BCUT2D eigenvalue weighted by atomic mass is 16.4. The second-order valence-electron chi connectivity index (χ2n) is 4.16. The highest BCUT2D eigenvalue weighted by Crippen LogP contribution is 2.08. The van der Waals surface area contributed by atoms with Gasteiger partial charge < -0.3 is 15.3 Å². The number of carboxylic acid groups (broad SMARTS) is 1. The number of nitrogens with one attached hydrogen (secondary N) is 2. The summed E-state index contributed by atoms with van der Waals surface area (Å²) in [5.74, 6) is -2.01. The summed E-state index contributed by atoms with van der Waals surface area (Å²) < 4.78 is 0. The van der Waals surface area contributed by atoms with E-state index in [-0.39, 0.29) is 18.7 Å². The molecular weight excluding hydrogens is 254 g/mol. The smallest absolute Gasteiger partial charge is 0.324 e. The molecule has 0 aromatic rings. The molecule has 0 aromatic heterocycles.